The van der Waals surface area contributed by atoms with Crippen LogP contribution in [0.1, 0.15) is 27.2 Å². The van der Waals surface area contributed by atoms with Crippen LogP contribution in [0.15, 0.2) is 71.6 Å². The van der Waals surface area contributed by atoms with E-state index in [0.29, 0.717) is 40.8 Å². The molecule has 0 saturated heterocycles. The number of carbonyl (C=O) groups is 1. The quantitative estimate of drug-likeness (QED) is 0.458. The van der Waals surface area contributed by atoms with Gasteiger partial charge in [0.15, 0.2) is 11.6 Å². The van der Waals surface area contributed by atoms with Gasteiger partial charge in [-0.05, 0) is 39.0 Å². The number of amides is 1. The molecule has 1 aromatic heterocycles. The molecule has 0 atom stereocenters. The Kier molecular flexibility index (Phi) is 7.32. The predicted molar refractivity (Wildman–Crippen MR) is 136 cm³/mol. The van der Waals surface area contributed by atoms with Crippen molar-refractivity contribution in [3.63, 3.8) is 0 Å². The van der Waals surface area contributed by atoms with E-state index in [9.17, 15) is 9.18 Å². The van der Waals surface area contributed by atoms with Gasteiger partial charge in [-0.3, -0.25) is 5.32 Å². The van der Waals surface area contributed by atoms with Crippen molar-refractivity contribution in [3.8, 4) is 11.5 Å². The zero-order valence-electron chi connectivity index (χ0n) is 21.1. The van der Waals surface area contributed by atoms with Gasteiger partial charge in [0.05, 0.1) is 32.4 Å². The molecule has 1 aromatic carbocycles. The summed E-state index contributed by atoms with van der Waals surface area (Å²) in [5, 5.41) is 8.81. The number of alkyl carbamates (subject to hydrolysis) is 1. The Labute approximate surface area is 213 Å². The zero-order chi connectivity index (χ0) is 26.6. The first-order valence-corrected chi connectivity index (χ1v) is 11.4. The molecule has 11 heteroatoms. The first-order valence-electron chi connectivity index (χ1n) is 11.4. The van der Waals surface area contributed by atoms with Gasteiger partial charge in [0.1, 0.15) is 22.9 Å². The third-order valence-corrected chi connectivity index (χ3v) is 5.12. The average molecular weight is 510 g/mol. The molecule has 194 valence electrons. The average Bonchev–Trinajstić information content (AvgIpc) is 2.85. The number of nitrogens with one attached hydrogen (secondary N) is 3. The van der Waals surface area contributed by atoms with Crippen LogP contribution in [0, 0.1) is 5.82 Å². The fourth-order valence-corrected chi connectivity index (χ4v) is 3.52. The van der Waals surface area contributed by atoms with E-state index >= 15 is 0 Å². The molecule has 4 rings (SSSR count). The number of methoxy groups -OCH3 is 2. The highest BCUT2D eigenvalue weighted by Crippen LogP contribution is 2.32. The Balaban J connectivity index is 1.51. The number of nitrogens with zero attached hydrogens (tertiary/aromatic N) is 2. The molecule has 0 unspecified atom stereocenters. The number of fused-ring (bicyclic) bond motifs is 1. The number of halogens is 1. The molecule has 2 heterocycles. The standard InChI is InChI=1S/C26H28FN5O5/c1-26(2,3)37-25(33)31-21-8-9-36-22-7-6-15(12-19(21)22)30-24-28-14-20(27)23(32-24)29-16-10-17(34-4)13-18(11-16)35-5/h6-11,13-14H,12H2,1-5H3,(H,31,33)(H2,28,29,30,32). The van der Waals surface area contributed by atoms with Gasteiger partial charge in [-0.1, -0.05) is 0 Å². The number of rotatable bonds is 7. The van der Waals surface area contributed by atoms with Crippen molar-refractivity contribution in [2.75, 3.05) is 24.9 Å². The van der Waals surface area contributed by atoms with Crippen molar-refractivity contribution < 1.29 is 28.1 Å². The molecule has 3 N–H and O–H groups in total. The van der Waals surface area contributed by atoms with Gasteiger partial charge in [0, 0.05) is 41.6 Å². The fourth-order valence-electron chi connectivity index (χ4n) is 3.52. The van der Waals surface area contributed by atoms with E-state index in [1.165, 1.54) is 20.5 Å². The summed E-state index contributed by atoms with van der Waals surface area (Å²) in [6.07, 6.45) is 7.57. The molecular formula is C26H28FN5O5. The van der Waals surface area contributed by atoms with Crippen LogP contribution in [0.4, 0.5) is 26.6 Å². The van der Waals surface area contributed by atoms with Crippen molar-refractivity contribution in [2.24, 2.45) is 0 Å². The zero-order valence-corrected chi connectivity index (χ0v) is 21.1. The number of allylic oxidation sites excluding steroid dienone is 5. The molecule has 1 aliphatic heterocycles. The normalized spacial score (nSPS) is 14.5. The number of benzene rings is 1. The first-order chi connectivity index (χ1) is 17.6. The number of hydrogen-bond donors (Lipinski definition) is 3. The second-order valence-electron chi connectivity index (χ2n) is 9.08. The lowest BCUT2D eigenvalue weighted by Crippen LogP contribution is -2.33. The maximum absolute atomic E-state index is 14.5. The summed E-state index contributed by atoms with van der Waals surface area (Å²) in [7, 11) is 3.06. The van der Waals surface area contributed by atoms with Crippen LogP contribution in [0.2, 0.25) is 0 Å². The topological polar surface area (TPSA) is 116 Å². The summed E-state index contributed by atoms with van der Waals surface area (Å²) in [5.41, 5.74) is 1.89. The maximum Gasteiger partial charge on any atom is 0.412 e. The van der Waals surface area contributed by atoms with E-state index < -0.39 is 17.5 Å². The lowest BCUT2D eigenvalue weighted by Gasteiger charge is -2.25. The maximum atomic E-state index is 14.5. The van der Waals surface area contributed by atoms with Gasteiger partial charge in [0.25, 0.3) is 0 Å². The van der Waals surface area contributed by atoms with Crippen LogP contribution >= 0.6 is 0 Å². The van der Waals surface area contributed by atoms with Crippen LogP contribution in [0.5, 0.6) is 11.5 Å². The number of anilines is 3. The second-order valence-corrected chi connectivity index (χ2v) is 9.08. The molecule has 10 nitrogen and oxygen atoms in total. The van der Waals surface area contributed by atoms with Crippen molar-refractivity contribution in [3.05, 3.63) is 77.4 Å². The Hall–Kier alpha value is -4.54. The molecule has 37 heavy (non-hydrogen) atoms. The Bertz CT molecular complexity index is 1300. The minimum atomic E-state index is -0.635. The number of carbonyl (C=O) groups excluding carboxylic acids is 1. The molecule has 0 saturated carbocycles. The summed E-state index contributed by atoms with van der Waals surface area (Å²) in [4.78, 5) is 20.6. The summed E-state index contributed by atoms with van der Waals surface area (Å²) in [6, 6.07) is 5.08. The highest BCUT2D eigenvalue weighted by atomic mass is 19.1. The van der Waals surface area contributed by atoms with E-state index in [1.807, 2.05) is 0 Å². The Morgan fingerprint density at radius 1 is 1.08 bits per heavy atom. The van der Waals surface area contributed by atoms with Crippen LogP contribution < -0.4 is 25.4 Å². The number of ether oxygens (including phenoxy) is 4. The molecule has 0 bridgehead atoms. The molecule has 0 fully saturated rings. The van der Waals surface area contributed by atoms with Crippen LogP contribution in [0.3, 0.4) is 0 Å². The molecule has 1 aliphatic carbocycles. The highest BCUT2D eigenvalue weighted by Gasteiger charge is 2.24. The van der Waals surface area contributed by atoms with Crippen molar-refractivity contribution in [1.29, 1.82) is 0 Å². The SMILES string of the molecule is COc1cc(Nc2nc(NC3=CC=C4OC=CC(NC(=O)OC(C)(C)C)=C4C3)ncc2F)cc(OC)c1. The van der Waals surface area contributed by atoms with Crippen molar-refractivity contribution in [2.45, 2.75) is 32.8 Å². The van der Waals surface area contributed by atoms with E-state index in [0.717, 1.165) is 11.8 Å². The summed E-state index contributed by atoms with van der Waals surface area (Å²) in [5.74, 6) is 1.18. The molecule has 0 radical (unpaired) electrons. The van der Waals surface area contributed by atoms with Gasteiger partial charge in [0.2, 0.25) is 5.95 Å². The minimum absolute atomic E-state index is 0.0316. The van der Waals surface area contributed by atoms with Crippen LogP contribution in [-0.2, 0) is 9.47 Å². The second kappa shape index (κ2) is 10.6. The monoisotopic (exact) mass is 509 g/mol. The summed E-state index contributed by atoms with van der Waals surface area (Å²) in [6.45, 7) is 5.37. The number of aromatic nitrogens is 2. The van der Waals surface area contributed by atoms with Crippen molar-refractivity contribution >= 4 is 23.5 Å². The fraction of sp³-hybridized carbons (Fsp3) is 0.269. The largest absolute Gasteiger partial charge is 0.497 e. The Morgan fingerprint density at radius 3 is 2.49 bits per heavy atom. The third-order valence-electron chi connectivity index (χ3n) is 5.12. The predicted octanol–water partition coefficient (Wildman–Crippen LogP) is 5.28. The summed E-state index contributed by atoms with van der Waals surface area (Å²) >= 11 is 0. The van der Waals surface area contributed by atoms with Gasteiger partial charge in [-0.25, -0.2) is 14.2 Å². The van der Waals surface area contributed by atoms with Gasteiger partial charge in [-0.2, -0.15) is 4.98 Å². The van der Waals surface area contributed by atoms with E-state index in [4.69, 9.17) is 18.9 Å². The highest BCUT2D eigenvalue weighted by molar-refractivity contribution is 5.72. The van der Waals surface area contributed by atoms with Crippen LogP contribution in [-0.4, -0.2) is 35.9 Å². The molecule has 2 aromatic rings. The third kappa shape index (κ3) is 6.57. The lowest BCUT2D eigenvalue weighted by atomic mass is 9.99. The molecule has 0 spiro atoms. The lowest BCUT2D eigenvalue weighted by molar-refractivity contribution is 0.0546. The van der Waals surface area contributed by atoms with Gasteiger partial charge in [-0.15, -0.1) is 0 Å². The van der Waals surface area contributed by atoms with Gasteiger partial charge < -0.3 is 29.6 Å². The molecule has 1 amide bonds. The smallest absolute Gasteiger partial charge is 0.412 e. The van der Waals surface area contributed by atoms with E-state index in [-0.39, 0.29) is 11.8 Å². The van der Waals surface area contributed by atoms with Gasteiger partial charge >= 0.3 is 6.09 Å². The first kappa shape index (κ1) is 25.5. The van der Waals surface area contributed by atoms with Crippen molar-refractivity contribution in [1.82, 2.24) is 15.3 Å². The van der Waals surface area contributed by atoms with E-state index in [2.05, 4.69) is 25.9 Å². The summed E-state index contributed by atoms with van der Waals surface area (Å²) < 4.78 is 36.0. The molecule has 2 aliphatic rings. The number of hydrogen-bond acceptors (Lipinski definition) is 9. The van der Waals surface area contributed by atoms with Crippen LogP contribution in [0.25, 0.3) is 0 Å². The van der Waals surface area contributed by atoms with E-state index in [1.54, 1.807) is 57.2 Å². The molecular weight excluding hydrogens is 481 g/mol. The minimum Gasteiger partial charge on any atom is -0.497 e. The Morgan fingerprint density at radius 2 is 1.81 bits per heavy atom.